The Labute approximate surface area is 149 Å². The van der Waals surface area contributed by atoms with Gasteiger partial charge in [0.25, 0.3) is 0 Å². The largest absolute Gasteiger partial charge is 0.243 e. The molecule has 1 aromatic rings. The van der Waals surface area contributed by atoms with Gasteiger partial charge >= 0.3 is 0 Å². The van der Waals surface area contributed by atoms with E-state index in [2.05, 4.69) is 0 Å². The maximum atomic E-state index is 12.9. The van der Waals surface area contributed by atoms with Gasteiger partial charge in [-0.1, -0.05) is 6.07 Å². The molecule has 2 aliphatic carbocycles. The highest BCUT2D eigenvalue weighted by Crippen LogP contribution is 2.32. The molecule has 0 amide bonds. The van der Waals surface area contributed by atoms with Crippen LogP contribution >= 0.6 is 0 Å². The molecule has 6 nitrogen and oxygen atoms in total. The van der Waals surface area contributed by atoms with Crippen molar-refractivity contribution in [3.8, 4) is 0 Å². The van der Waals surface area contributed by atoms with Crippen LogP contribution in [-0.4, -0.2) is 56.9 Å². The molecular weight excluding hydrogens is 360 g/mol. The van der Waals surface area contributed by atoms with Crippen LogP contribution in [-0.2, 0) is 32.9 Å². The Morgan fingerprint density at radius 1 is 0.800 bits per heavy atom. The Kier molecular flexibility index (Phi) is 4.42. The fourth-order valence-electron chi connectivity index (χ4n) is 3.76. The number of hydrogen-bond acceptors (Lipinski definition) is 4. The van der Waals surface area contributed by atoms with Crippen LogP contribution in [0.5, 0.6) is 0 Å². The summed E-state index contributed by atoms with van der Waals surface area (Å²) in [4.78, 5) is 0.339. The first kappa shape index (κ1) is 17.5. The van der Waals surface area contributed by atoms with E-state index in [4.69, 9.17) is 0 Å². The van der Waals surface area contributed by atoms with Gasteiger partial charge in [0.15, 0.2) is 0 Å². The number of hydrogen-bond donors (Lipinski definition) is 0. The number of sulfonamides is 2. The Morgan fingerprint density at radius 3 is 2.04 bits per heavy atom. The van der Waals surface area contributed by atoms with E-state index < -0.39 is 20.0 Å². The van der Waals surface area contributed by atoms with Crippen molar-refractivity contribution in [1.29, 1.82) is 0 Å². The first-order valence-corrected chi connectivity index (χ1v) is 11.9. The van der Waals surface area contributed by atoms with Crippen molar-refractivity contribution in [2.45, 2.75) is 48.7 Å². The smallest absolute Gasteiger partial charge is 0.212 e. The third kappa shape index (κ3) is 3.25. The van der Waals surface area contributed by atoms with E-state index in [-0.39, 0.29) is 31.4 Å². The van der Waals surface area contributed by atoms with Gasteiger partial charge in [-0.15, -0.1) is 0 Å². The molecule has 1 saturated carbocycles. The number of piperazine rings is 1. The molecule has 8 heteroatoms. The fourth-order valence-corrected chi connectivity index (χ4v) is 7.06. The van der Waals surface area contributed by atoms with E-state index in [1.807, 2.05) is 12.1 Å². The first-order chi connectivity index (χ1) is 11.9. The molecule has 0 N–H and O–H groups in total. The summed E-state index contributed by atoms with van der Waals surface area (Å²) >= 11 is 0. The second-order valence-corrected chi connectivity index (χ2v) is 11.3. The highest BCUT2D eigenvalue weighted by molar-refractivity contribution is 7.90. The molecule has 3 aliphatic rings. The fraction of sp³-hybridized carbons (Fsp3) is 0.647. The van der Waals surface area contributed by atoms with Crippen molar-refractivity contribution >= 4 is 20.0 Å². The number of aryl methyl sites for hydroxylation is 2. The molecule has 1 heterocycles. The van der Waals surface area contributed by atoms with E-state index in [9.17, 15) is 16.8 Å². The predicted molar refractivity (Wildman–Crippen MR) is 95.4 cm³/mol. The van der Waals surface area contributed by atoms with E-state index in [1.165, 1.54) is 14.2 Å². The topological polar surface area (TPSA) is 74.8 Å². The lowest BCUT2D eigenvalue weighted by Gasteiger charge is -2.33. The maximum absolute atomic E-state index is 12.9. The molecule has 1 aliphatic heterocycles. The molecule has 0 atom stereocenters. The average molecular weight is 385 g/mol. The minimum Gasteiger partial charge on any atom is -0.212 e. The number of benzene rings is 1. The van der Waals surface area contributed by atoms with Crippen molar-refractivity contribution in [3.63, 3.8) is 0 Å². The van der Waals surface area contributed by atoms with Gasteiger partial charge in [0, 0.05) is 26.2 Å². The molecule has 0 spiro atoms. The molecule has 1 aromatic carbocycles. The lowest BCUT2D eigenvalue weighted by molar-refractivity contribution is 0.272. The van der Waals surface area contributed by atoms with Gasteiger partial charge in [-0.25, -0.2) is 16.8 Å². The maximum Gasteiger partial charge on any atom is 0.243 e. The SMILES string of the molecule is O=S(=O)(c1ccc2c(c1)CCCC2)N1CCN(S(=O)(=O)C2CC2)CC1. The van der Waals surface area contributed by atoms with Gasteiger partial charge in [-0.05, 0) is 61.8 Å². The Balaban J connectivity index is 1.50. The van der Waals surface area contributed by atoms with Crippen LogP contribution in [0, 0.1) is 0 Å². The van der Waals surface area contributed by atoms with E-state index in [1.54, 1.807) is 6.07 Å². The minimum absolute atomic E-state index is 0.228. The molecule has 0 aromatic heterocycles. The van der Waals surface area contributed by atoms with Gasteiger partial charge in [0.2, 0.25) is 20.0 Å². The lowest BCUT2D eigenvalue weighted by Crippen LogP contribution is -2.51. The van der Waals surface area contributed by atoms with Crippen LogP contribution in [0.2, 0.25) is 0 Å². The van der Waals surface area contributed by atoms with Crippen molar-refractivity contribution in [3.05, 3.63) is 29.3 Å². The highest BCUT2D eigenvalue weighted by atomic mass is 32.2. The molecule has 0 unspecified atom stereocenters. The van der Waals surface area contributed by atoms with Gasteiger partial charge in [-0.2, -0.15) is 8.61 Å². The Bertz CT molecular complexity index is 868. The van der Waals surface area contributed by atoms with Gasteiger partial charge in [0.05, 0.1) is 10.1 Å². The van der Waals surface area contributed by atoms with Crippen LogP contribution in [0.25, 0.3) is 0 Å². The number of nitrogens with zero attached hydrogens (tertiary/aromatic N) is 2. The van der Waals surface area contributed by atoms with Crippen molar-refractivity contribution in [2.24, 2.45) is 0 Å². The zero-order valence-electron chi connectivity index (χ0n) is 14.2. The highest BCUT2D eigenvalue weighted by Gasteiger charge is 2.42. The van der Waals surface area contributed by atoms with Gasteiger partial charge in [-0.3, -0.25) is 0 Å². The summed E-state index contributed by atoms with van der Waals surface area (Å²) in [5.74, 6) is 0. The van der Waals surface area contributed by atoms with Crippen molar-refractivity contribution in [2.75, 3.05) is 26.2 Å². The molecule has 4 rings (SSSR count). The first-order valence-electron chi connectivity index (χ1n) is 9.00. The summed E-state index contributed by atoms with van der Waals surface area (Å²) in [6.07, 6.45) is 5.69. The van der Waals surface area contributed by atoms with E-state index in [0.717, 1.165) is 44.1 Å². The van der Waals surface area contributed by atoms with Crippen LogP contribution in [0.15, 0.2) is 23.1 Å². The minimum atomic E-state index is -3.56. The van der Waals surface area contributed by atoms with Crippen LogP contribution < -0.4 is 0 Å². The average Bonchev–Trinajstić information content (AvgIpc) is 3.47. The lowest BCUT2D eigenvalue weighted by atomic mass is 9.92. The van der Waals surface area contributed by atoms with Crippen LogP contribution in [0.4, 0.5) is 0 Å². The monoisotopic (exact) mass is 384 g/mol. The van der Waals surface area contributed by atoms with Gasteiger partial charge < -0.3 is 0 Å². The Hall–Kier alpha value is -0.960. The van der Waals surface area contributed by atoms with Crippen molar-refractivity contribution in [1.82, 2.24) is 8.61 Å². The summed E-state index contributed by atoms with van der Waals surface area (Å²) in [5.41, 5.74) is 2.40. The molecule has 138 valence electrons. The van der Waals surface area contributed by atoms with Crippen LogP contribution in [0.1, 0.15) is 36.8 Å². The van der Waals surface area contributed by atoms with E-state index >= 15 is 0 Å². The molecule has 1 saturated heterocycles. The summed E-state index contributed by atoms with van der Waals surface area (Å²) in [6.45, 7) is 0.961. The number of rotatable bonds is 4. The van der Waals surface area contributed by atoms with Crippen LogP contribution in [0.3, 0.4) is 0 Å². The summed E-state index contributed by atoms with van der Waals surface area (Å²) in [5, 5.41) is -0.240. The molecular formula is C17H24N2O4S2. The predicted octanol–water partition coefficient (Wildman–Crippen LogP) is 1.36. The molecule has 25 heavy (non-hydrogen) atoms. The standard InChI is InChI=1S/C17H24N2O4S2/c20-24(21,16-7-8-16)18-9-11-19(12-10-18)25(22,23)17-6-5-14-3-1-2-4-15(14)13-17/h5-6,13,16H,1-4,7-12H2. The summed E-state index contributed by atoms with van der Waals surface area (Å²) in [7, 11) is -6.78. The van der Waals surface area contributed by atoms with Crippen molar-refractivity contribution < 1.29 is 16.8 Å². The third-order valence-corrected chi connectivity index (χ3v) is 9.75. The summed E-state index contributed by atoms with van der Waals surface area (Å²) < 4.78 is 53.3. The molecule has 0 radical (unpaired) electrons. The van der Waals surface area contributed by atoms with Gasteiger partial charge in [0.1, 0.15) is 0 Å². The zero-order valence-corrected chi connectivity index (χ0v) is 15.9. The second kappa shape index (κ2) is 6.33. The molecule has 0 bridgehead atoms. The molecule has 2 fully saturated rings. The van der Waals surface area contributed by atoms with E-state index in [0.29, 0.717) is 4.90 Å². The second-order valence-electron chi connectivity index (χ2n) is 7.19. The number of fused-ring (bicyclic) bond motifs is 1. The third-order valence-electron chi connectivity index (χ3n) is 5.46. The summed E-state index contributed by atoms with van der Waals surface area (Å²) in [6, 6.07) is 5.46. The normalized spacial score (nSPS) is 23.4. The zero-order chi connectivity index (χ0) is 17.7. The Morgan fingerprint density at radius 2 is 1.40 bits per heavy atom. The quantitative estimate of drug-likeness (QED) is 0.786.